The molecular weight excluding hydrogens is 501 g/mol. The molecule has 0 saturated carbocycles. The van der Waals surface area contributed by atoms with Crippen LogP contribution < -0.4 is 10.6 Å². The maximum atomic E-state index is 4.59. The monoisotopic (exact) mass is 533 g/mol. The number of aryl methyl sites for hydroxylation is 2. The molecule has 5 nitrogen and oxygen atoms in total. The quantitative estimate of drug-likeness (QED) is 0.317. The number of hydrogen-bond acceptors (Lipinski definition) is 5. The first-order valence-corrected chi connectivity index (χ1v) is 11.5. The molecule has 3 heterocycles. The van der Waals surface area contributed by atoms with E-state index in [4.69, 9.17) is 0 Å². The molecule has 0 amide bonds. The van der Waals surface area contributed by atoms with E-state index in [0.29, 0.717) is 5.92 Å². The van der Waals surface area contributed by atoms with E-state index in [1.165, 1.54) is 28.3 Å². The van der Waals surface area contributed by atoms with E-state index in [9.17, 15) is 0 Å². The van der Waals surface area contributed by atoms with Gasteiger partial charge in [0.15, 0.2) is 5.96 Å². The lowest BCUT2D eigenvalue weighted by atomic mass is 9.97. The van der Waals surface area contributed by atoms with E-state index in [1.54, 1.807) is 11.3 Å². The van der Waals surface area contributed by atoms with Crippen LogP contribution >= 0.6 is 46.7 Å². The fourth-order valence-electron chi connectivity index (χ4n) is 3.40. The minimum Gasteiger partial charge on any atom is -0.356 e. The summed E-state index contributed by atoms with van der Waals surface area (Å²) in [5, 5.41) is 10.3. The highest BCUT2D eigenvalue weighted by atomic mass is 127. The third kappa shape index (κ3) is 7.27. The molecule has 0 bridgehead atoms. The molecule has 2 aromatic rings. The Morgan fingerprint density at radius 3 is 2.61 bits per heavy atom. The molecule has 0 spiro atoms. The Morgan fingerprint density at radius 1 is 1.25 bits per heavy atom. The van der Waals surface area contributed by atoms with Crippen LogP contribution in [0.2, 0.25) is 0 Å². The number of aromatic nitrogens is 1. The molecule has 0 atom stereocenters. The number of halogens is 1. The van der Waals surface area contributed by atoms with Gasteiger partial charge in [0.2, 0.25) is 0 Å². The lowest BCUT2D eigenvalue weighted by Gasteiger charge is -2.31. The molecule has 1 saturated heterocycles. The minimum atomic E-state index is 0. The lowest BCUT2D eigenvalue weighted by Crippen LogP contribution is -2.42. The minimum absolute atomic E-state index is 0. The van der Waals surface area contributed by atoms with Crippen LogP contribution in [0, 0.1) is 12.8 Å². The fraction of sp³-hybridized carbons (Fsp3) is 0.600. The predicted octanol–water partition coefficient (Wildman–Crippen LogP) is 4.27. The van der Waals surface area contributed by atoms with Crippen molar-refractivity contribution in [1.82, 2.24) is 20.5 Å². The molecule has 3 rings (SSSR count). The van der Waals surface area contributed by atoms with E-state index in [2.05, 4.69) is 56.9 Å². The zero-order valence-corrected chi connectivity index (χ0v) is 21.0. The van der Waals surface area contributed by atoms with Crippen molar-refractivity contribution in [3.05, 3.63) is 38.0 Å². The standard InChI is InChI=1S/C20H31N5S2.HI/c1-4-18-5-6-19(27-18)12-23-20(21-3)22-11-16-7-9-25(10-8-16)13-17-14-26-15(2)24-17;/h5-6,14,16H,4,7-13H2,1-3H3,(H2,21,22,23);1H. The predicted molar refractivity (Wildman–Crippen MR) is 132 cm³/mol. The van der Waals surface area contributed by atoms with Crippen molar-refractivity contribution in [2.75, 3.05) is 26.7 Å². The van der Waals surface area contributed by atoms with Crippen LogP contribution in [0.5, 0.6) is 0 Å². The van der Waals surface area contributed by atoms with Crippen LogP contribution in [-0.2, 0) is 19.5 Å². The Kier molecular flexibility index (Phi) is 10.2. The third-order valence-corrected chi connectivity index (χ3v) is 7.09. The number of rotatable bonds is 7. The van der Waals surface area contributed by atoms with Crippen LogP contribution in [0.3, 0.4) is 0 Å². The molecule has 28 heavy (non-hydrogen) atoms. The van der Waals surface area contributed by atoms with Gasteiger partial charge in [-0.05, 0) is 57.3 Å². The summed E-state index contributed by atoms with van der Waals surface area (Å²) >= 11 is 3.62. The number of thiophene rings is 1. The van der Waals surface area contributed by atoms with Gasteiger partial charge in [-0.1, -0.05) is 6.92 Å². The first-order valence-electron chi connectivity index (χ1n) is 9.81. The summed E-state index contributed by atoms with van der Waals surface area (Å²) in [5.41, 5.74) is 1.22. The van der Waals surface area contributed by atoms with Crippen molar-refractivity contribution in [3.8, 4) is 0 Å². The highest BCUT2D eigenvalue weighted by Gasteiger charge is 2.20. The third-order valence-electron chi connectivity index (χ3n) is 5.04. The van der Waals surface area contributed by atoms with Gasteiger partial charge in [-0.2, -0.15) is 0 Å². The molecule has 0 radical (unpaired) electrons. The summed E-state index contributed by atoms with van der Waals surface area (Å²) < 4.78 is 0. The Bertz CT molecular complexity index is 735. The van der Waals surface area contributed by atoms with E-state index in [0.717, 1.165) is 50.1 Å². The smallest absolute Gasteiger partial charge is 0.191 e. The molecule has 0 unspecified atom stereocenters. The zero-order valence-electron chi connectivity index (χ0n) is 17.0. The maximum absolute atomic E-state index is 4.59. The van der Waals surface area contributed by atoms with Crippen LogP contribution in [0.1, 0.15) is 40.2 Å². The van der Waals surface area contributed by atoms with Gasteiger partial charge >= 0.3 is 0 Å². The average molecular weight is 534 g/mol. The van der Waals surface area contributed by atoms with Crippen LogP contribution in [0.4, 0.5) is 0 Å². The van der Waals surface area contributed by atoms with E-state index in [-0.39, 0.29) is 24.0 Å². The number of guanidine groups is 1. The number of thiazole rings is 1. The highest BCUT2D eigenvalue weighted by molar-refractivity contribution is 14.0. The van der Waals surface area contributed by atoms with Crippen molar-refractivity contribution in [2.45, 2.75) is 46.2 Å². The largest absolute Gasteiger partial charge is 0.356 e. The normalized spacial score (nSPS) is 16.0. The van der Waals surface area contributed by atoms with Crippen molar-refractivity contribution in [2.24, 2.45) is 10.9 Å². The number of nitrogens with one attached hydrogen (secondary N) is 2. The first-order chi connectivity index (χ1) is 13.2. The van der Waals surface area contributed by atoms with Gasteiger partial charge in [-0.25, -0.2) is 4.98 Å². The molecule has 8 heteroatoms. The van der Waals surface area contributed by atoms with Crippen molar-refractivity contribution in [3.63, 3.8) is 0 Å². The van der Waals surface area contributed by atoms with Crippen LogP contribution in [0.15, 0.2) is 22.5 Å². The average Bonchev–Trinajstić information content (AvgIpc) is 3.32. The number of piperidine rings is 1. The van der Waals surface area contributed by atoms with Gasteiger partial charge in [0, 0.05) is 35.3 Å². The SMILES string of the molecule is CCc1ccc(CNC(=NC)NCC2CCN(Cc3csc(C)n3)CC2)s1.I. The van der Waals surface area contributed by atoms with Gasteiger partial charge in [0.1, 0.15) is 0 Å². The number of aliphatic imine (C=N–C) groups is 1. The highest BCUT2D eigenvalue weighted by Crippen LogP contribution is 2.19. The topological polar surface area (TPSA) is 52.6 Å². The number of likely N-dealkylation sites (tertiary alicyclic amines) is 1. The molecule has 1 aliphatic heterocycles. The molecule has 0 aromatic carbocycles. The Morgan fingerprint density at radius 2 is 2.00 bits per heavy atom. The zero-order chi connectivity index (χ0) is 19.1. The van der Waals surface area contributed by atoms with Crippen molar-refractivity contribution in [1.29, 1.82) is 0 Å². The van der Waals surface area contributed by atoms with E-state index >= 15 is 0 Å². The van der Waals surface area contributed by atoms with E-state index < -0.39 is 0 Å². The van der Waals surface area contributed by atoms with Gasteiger partial charge in [0.05, 0.1) is 17.2 Å². The number of hydrogen-bond donors (Lipinski definition) is 2. The van der Waals surface area contributed by atoms with Crippen molar-refractivity contribution >= 4 is 52.6 Å². The van der Waals surface area contributed by atoms with E-state index in [1.807, 2.05) is 18.4 Å². The number of nitrogens with zero attached hydrogens (tertiary/aromatic N) is 3. The second kappa shape index (κ2) is 12.1. The molecule has 2 aromatic heterocycles. The van der Waals surface area contributed by atoms with Gasteiger partial charge in [-0.15, -0.1) is 46.7 Å². The van der Waals surface area contributed by atoms with Gasteiger partial charge in [-0.3, -0.25) is 9.89 Å². The summed E-state index contributed by atoms with van der Waals surface area (Å²) in [4.78, 5) is 14.3. The summed E-state index contributed by atoms with van der Waals surface area (Å²) in [5.74, 6) is 1.62. The Labute approximate surface area is 194 Å². The van der Waals surface area contributed by atoms with Crippen molar-refractivity contribution < 1.29 is 0 Å². The van der Waals surface area contributed by atoms with Crippen LogP contribution in [0.25, 0.3) is 0 Å². The maximum Gasteiger partial charge on any atom is 0.191 e. The van der Waals surface area contributed by atoms with Gasteiger partial charge < -0.3 is 10.6 Å². The van der Waals surface area contributed by atoms with Gasteiger partial charge in [0.25, 0.3) is 0 Å². The lowest BCUT2D eigenvalue weighted by molar-refractivity contribution is 0.176. The Balaban J connectivity index is 0.00000280. The van der Waals surface area contributed by atoms with Crippen LogP contribution in [-0.4, -0.2) is 42.5 Å². The second-order valence-corrected chi connectivity index (χ2v) is 9.42. The summed E-state index contributed by atoms with van der Waals surface area (Å²) in [6, 6.07) is 4.43. The molecular formula is C20H32IN5S2. The molecule has 2 N–H and O–H groups in total. The summed E-state index contributed by atoms with van der Waals surface area (Å²) in [7, 11) is 1.85. The molecule has 0 aliphatic carbocycles. The summed E-state index contributed by atoms with van der Waals surface area (Å²) in [6.07, 6.45) is 3.58. The second-order valence-electron chi connectivity index (χ2n) is 7.11. The molecule has 1 fully saturated rings. The molecule has 156 valence electrons. The molecule has 1 aliphatic rings. The first kappa shape index (κ1) is 23.6. The Hall–Kier alpha value is -0.710. The fourth-order valence-corrected chi connectivity index (χ4v) is 4.90. The summed E-state index contributed by atoms with van der Waals surface area (Å²) in [6.45, 7) is 9.42.